The van der Waals surface area contributed by atoms with E-state index in [-0.39, 0.29) is 27.8 Å². The molecule has 0 amide bonds. The number of esters is 1. The summed E-state index contributed by atoms with van der Waals surface area (Å²) in [4.78, 5) is 12.6. The number of halogens is 1. The molecule has 0 bridgehead atoms. The van der Waals surface area contributed by atoms with Crippen LogP contribution in [0.1, 0.15) is 59.7 Å². The van der Waals surface area contributed by atoms with Gasteiger partial charge in [-0.1, -0.05) is 13.0 Å². The van der Waals surface area contributed by atoms with Gasteiger partial charge in [0.1, 0.15) is 17.1 Å². The van der Waals surface area contributed by atoms with Crippen molar-refractivity contribution in [2.75, 3.05) is 31.5 Å². The van der Waals surface area contributed by atoms with Crippen LogP contribution in [0.25, 0.3) is 0 Å². The highest BCUT2D eigenvalue weighted by Crippen LogP contribution is 2.55. The van der Waals surface area contributed by atoms with Crippen molar-refractivity contribution in [3.63, 3.8) is 0 Å². The molecule has 2 aromatic rings. The van der Waals surface area contributed by atoms with E-state index in [1.807, 2.05) is 6.92 Å². The highest BCUT2D eigenvalue weighted by Gasteiger charge is 2.45. The van der Waals surface area contributed by atoms with Gasteiger partial charge < -0.3 is 19.5 Å². The zero-order chi connectivity index (χ0) is 24.7. The van der Waals surface area contributed by atoms with Crippen LogP contribution in [-0.2, 0) is 19.5 Å². The largest absolute Gasteiger partial charge is 0.492 e. The molecule has 0 spiro atoms. The van der Waals surface area contributed by atoms with Crippen molar-refractivity contribution in [2.45, 2.75) is 49.2 Å². The minimum Gasteiger partial charge on any atom is -0.492 e. The monoisotopic (exact) mass is 504 g/mol. The van der Waals surface area contributed by atoms with Gasteiger partial charge in [-0.3, -0.25) is 4.72 Å². The molecule has 1 aliphatic carbocycles. The van der Waals surface area contributed by atoms with Gasteiger partial charge in [-0.2, -0.15) is 0 Å². The third-order valence-corrected chi connectivity index (χ3v) is 8.38. The first kappa shape index (κ1) is 24.0. The summed E-state index contributed by atoms with van der Waals surface area (Å²) in [5.74, 6) is -0.149. The lowest BCUT2D eigenvalue weighted by Gasteiger charge is -2.24. The van der Waals surface area contributed by atoms with Crippen LogP contribution < -0.4 is 14.8 Å². The normalized spacial score (nSPS) is 23.6. The molecule has 2 heterocycles. The number of fused-ring (bicyclic) bond motifs is 3. The molecule has 5 rings (SSSR count). The predicted octanol–water partition coefficient (Wildman–Crippen LogP) is 3.74. The number of ether oxygens (including phenoxy) is 3. The molecular formula is C25H29FN2O6S. The number of hydrogen-bond donors (Lipinski definition) is 2. The lowest BCUT2D eigenvalue weighted by molar-refractivity contribution is -0.00610. The van der Waals surface area contributed by atoms with Crippen LogP contribution in [0.3, 0.4) is 0 Å². The fourth-order valence-corrected chi connectivity index (χ4v) is 6.34. The molecule has 10 heteroatoms. The first-order valence-electron chi connectivity index (χ1n) is 11.9. The van der Waals surface area contributed by atoms with Crippen molar-refractivity contribution in [3.8, 4) is 5.75 Å². The zero-order valence-corrected chi connectivity index (χ0v) is 20.5. The quantitative estimate of drug-likeness (QED) is 0.528. The molecule has 1 saturated heterocycles. The molecule has 2 fully saturated rings. The number of hydrogen-bond acceptors (Lipinski definition) is 7. The summed E-state index contributed by atoms with van der Waals surface area (Å²) in [6.45, 7) is 3.81. The first-order valence-corrected chi connectivity index (χ1v) is 13.4. The van der Waals surface area contributed by atoms with Crippen LogP contribution in [0.15, 0.2) is 35.2 Å². The van der Waals surface area contributed by atoms with E-state index in [2.05, 4.69) is 10.0 Å². The Balaban J connectivity index is 1.52. The summed E-state index contributed by atoms with van der Waals surface area (Å²) in [5, 5.41) is 3.21. The zero-order valence-electron chi connectivity index (χ0n) is 19.7. The van der Waals surface area contributed by atoms with Gasteiger partial charge >= 0.3 is 5.97 Å². The lowest BCUT2D eigenvalue weighted by Crippen LogP contribution is -2.23. The Morgan fingerprint density at radius 1 is 1.31 bits per heavy atom. The van der Waals surface area contributed by atoms with Gasteiger partial charge in [-0.15, -0.1) is 0 Å². The Kier molecular flexibility index (Phi) is 6.45. The third kappa shape index (κ3) is 4.62. The highest BCUT2D eigenvalue weighted by atomic mass is 32.2. The summed E-state index contributed by atoms with van der Waals surface area (Å²) in [5.41, 5.74) is 1.22. The van der Waals surface area contributed by atoms with E-state index in [0.717, 1.165) is 31.0 Å². The molecule has 4 atom stereocenters. The third-order valence-electron chi connectivity index (χ3n) is 6.94. The molecule has 188 valence electrons. The maximum atomic E-state index is 14.3. The van der Waals surface area contributed by atoms with Crippen LogP contribution in [0, 0.1) is 11.7 Å². The van der Waals surface area contributed by atoms with Crippen molar-refractivity contribution in [1.29, 1.82) is 0 Å². The Bertz CT molecular complexity index is 1240. The SMILES string of the molecule is CC[C@H](OC1CCNC1)c1cc(F)ccc1S(=O)(=O)Nc1ccc2c(c1C(=O)OC)OC[C@@H]1C[C@H]21. The van der Waals surface area contributed by atoms with E-state index in [4.69, 9.17) is 14.2 Å². The number of sulfonamides is 1. The Labute approximate surface area is 204 Å². The second-order valence-electron chi connectivity index (χ2n) is 9.25. The minimum atomic E-state index is -4.22. The first-order chi connectivity index (χ1) is 16.8. The van der Waals surface area contributed by atoms with Gasteiger partial charge in [0.2, 0.25) is 0 Å². The molecular weight excluding hydrogens is 475 g/mol. The summed E-state index contributed by atoms with van der Waals surface area (Å²) in [6.07, 6.45) is 1.55. The fourth-order valence-electron chi connectivity index (χ4n) is 5.02. The van der Waals surface area contributed by atoms with Crippen LogP contribution in [0.4, 0.5) is 10.1 Å². The van der Waals surface area contributed by atoms with Crippen molar-refractivity contribution < 1.29 is 31.8 Å². The number of carbonyl (C=O) groups is 1. The topological polar surface area (TPSA) is 103 Å². The van der Waals surface area contributed by atoms with Crippen molar-refractivity contribution in [1.82, 2.24) is 5.32 Å². The second kappa shape index (κ2) is 9.40. The van der Waals surface area contributed by atoms with E-state index >= 15 is 0 Å². The molecule has 35 heavy (non-hydrogen) atoms. The van der Waals surface area contributed by atoms with Gasteiger partial charge in [-0.05, 0) is 61.6 Å². The number of anilines is 1. The van der Waals surface area contributed by atoms with Gasteiger partial charge in [-0.25, -0.2) is 17.6 Å². The van der Waals surface area contributed by atoms with Gasteiger partial charge in [0.05, 0.1) is 36.5 Å². The summed E-state index contributed by atoms with van der Waals surface area (Å²) >= 11 is 0. The Morgan fingerprint density at radius 2 is 2.14 bits per heavy atom. The standard InChI is InChI=1S/C25H29FN2O6S/c1-3-21(34-16-8-9-27-12-16)19-11-15(26)4-7-22(19)35(30,31)28-20-6-5-17-18-10-14(18)13-33-24(17)23(20)25(29)32-2/h4-7,11,14,16,18,21,27-28H,3,8-10,12-13H2,1-2H3/t14-,16?,18-,21-/m0/s1. The predicted molar refractivity (Wildman–Crippen MR) is 127 cm³/mol. The molecule has 8 nitrogen and oxygen atoms in total. The number of nitrogens with one attached hydrogen (secondary N) is 2. The number of benzene rings is 2. The van der Waals surface area contributed by atoms with Gasteiger partial charge in [0, 0.05) is 18.0 Å². The second-order valence-corrected chi connectivity index (χ2v) is 10.9. The fraction of sp³-hybridized carbons (Fsp3) is 0.480. The Morgan fingerprint density at radius 3 is 2.86 bits per heavy atom. The van der Waals surface area contributed by atoms with E-state index in [1.165, 1.54) is 19.2 Å². The Hall–Kier alpha value is -2.69. The maximum Gasteiger partial charge on any atom is 0.343 e. The smallest absolute Gasteiger partial charge is 0.343 e. The summed E-state index contributed by atoms with van der Waals surface area (Å²) in [7, 11) is -2.98. The van der Waals surface area contributed by atoms with Crippen molar-refractivity contribution in [2.24, 2.45) is 5.92 Å². The van der Waals surface area contributed by atoms with Crippen molar-refractivity contribution in [3.05, 3.63) is 52.8 Å². The summed E-state index contributed by atoms with van der Waals surface area (Å²) in [6, 6.07) is 6.89. The molecule has 3 aliphatic rings. The summed E-state index contributed by atoms with van der Waals surface area (Å²) < 4.78 is 60.9. The van der Waals surface area contributed by atoms with E-state index in [9.17, 15) is 17.6 Å². The number of methoxy groups -OCH3 is 1. The maximum absolute atomic E-state index is 14.3. The van der Waals surface area contributed by atoms with Crippen LogP contribution in [0.2, 0.25) is 0 Å². The molecule has 0 aromatic heterocycles. The van der Waals surface area contributed by atoms with Crippen LogP contribution in [-0.4, -0.2) is 47.3 Å². The average molecular weight is 505 g/mol. The van der Waals surface area contributed by atoms with Gasteiger partial charge in [0.15, 0.2) is 0 Å². The molecule has 1 unspecified atom stereocenters. The van der Waals surface area contributed by atoms with E-state index in [0.29, 0.717) is 37.2 Å². The number of rotatable bonds is 8. The van der Waals surface area contributed by atoms with Crippen LogP contribution in [0.5, 0.6) is 5.75 Å². The lowest BCUT2D eigenvalue weighted by atomic mass is 10.0. The van der Waals surface area contributed by atoms with Crippen molar-refractivity contribution >= 4 is 21.7 Å². The van der Waals surface area contributed by atoms with Crippen LogP contribution >= 0.6 is 0 Å². The van der Waals surface area contributed by atoms with Gasteiger partial charge in [0.25, 0.3) is 10.0 Å². The number of carbonyl (C=O) groups excluding carboxylic acids is 1. The molecule has 2 N–H and O–H groups in total. The van der Waals surface area contributed by atoms with E-state index < -0.39 is 27.9 Å². The molecule has 2 aliphatic heterocycles. The van der Waals surface area contributed by atoms with E-state index in [1.54, 1.807) is 12.1 Å². The minimum absolute atomic E-state index is 0.0444. The molecule has 2 aromatic carbocycles. The highest BCUT2D eigenvalue weighted by molar-refractivity contribution is 7.92. The molecule has 0 radical (unpaired) electrons. The molecule has 1 saturated carbocycles. The average Bonchev–Trinajstić information content (AvgIpc) is 3.47.